The first kappa shape index (κ1) is 36.8. The normalized spacial score (nSPS) is 25.4. The molecule has 0 unspecified atom stereocenters. The fraction of sp³-hybridized carbons (Fsp3) is 0.762. The maximum absolute atomic E-state index is 11.9. The molecule has 0 amide bonds. The predicted octanol–water partition coefficient (Wildman–Crippen LogP) is 2.37. The van der Waals surface area contributed by atoms with Crippen molar-refractivity contribution in [3.8, 4) is 0 Å². The topological polar surface area (TPSA) is 57.7 Å². The summed E-state index contributed by atoms with van der Waals surface area (Å²) >= 11 is 9.54. The van der Waals surface area contributed by atoms with Crippen molar-refractivity contribution in [2.24, 2.45) is 23.7 Å². The van der Waals surface area contributed by atoms with Crippen LogP contribution in [0.3, 0.4) is 0 Å². The van der Waals surface area contributed by atoms with Gasteiger partial charge in [-0.25, -0.2) is 0 Å². The summed E-state index contributed by atoms with van der Waals surface area (Å²) in [5, 5.41) is 1.43. The number of nitrogens with zero attached hydrogens (tertiary/aromatic N) is 2. The number of Topliss-reactive ketones (excluding diaryl/α,β-unsaturated/α-hetero) is 1. The van der Waals surface area contributed by atoms with Gasteiger partial charge in [0.15, 0.2) is 11.6 Å². The minimum atomic E-state index is -2.05. The van der Waals surface area contributed by atoms with E-state index >= 15 is 0 Å². The second kappa shape index (κ2) is 20.7. The van der Waals surface area contributed by atoms with Crippen LogP contribution in [0.2, 0.25) is 0 Å². The van der Waals surface area contributed by atoms with Crippen molar-refractivity contribution >= 4 is 101 Å². The van der Waals surface area contributed by atoms with Crippen molar-refractivity contribution in [1.29, 1.82) is 0 Å². The van der Waals surface area contributed by atoms with E-state index in [0.29, 0.717) is 25.1 Å². The number of hydrogen-bond acceptors (Lipinski definition) is 5. The average Bonchev–Trinajstić information content (AvgIpc) is 3.30. The van der Waals surface area contributed by atoms with Crippen LogP contribution in [-0.2, 0) is 19.1 Å². The molecule has 2 heterocycles. The number of carbonyl (C=O) groups excluding carboxylic acids is 2. The molecule has 2 aliphatic heterocycles. The second-order valence-corrected chi connectivity index (χ2v) is 27.6. The van der Waals surface area contributed by atoms with Gasteiger partial charge >= 0.3 is 50.5 Å². The summed E-state index contributed by atoms with van der Waals surface area (Å²) in [4.78, 5) is 27.7. The molecule has 0 N–H and O–H groups in total. The molecule has 2 fully saturated rings. The van der Waals surface area contributed by atoms with Gasteiger partial charge in [0.2, 0.25) is 0 Å². The number of likely N-dealkylation sites (tertiary alicyclic amines) is 2. The molecule has 4 atom stereocenters. The van der Waals surface area contributed by atoms with Crippen LogP contribution in [0.15, 0.2) is 12.7 Å². The zero-order valence-corrected chi connectivity index (χ0v) is 31.4. The van der Waals surface area contributed by atoms with E-state index in [4.69, 9.17) is 0 Å². The molecular weight excluding hydrogens is 995 g/mol. The first-order valence-corrected chi connectivity index (χ1v) is 31.6. The Morgan fingerprint density at radius 3 is 1.56 bits per heavy atom. The van der Waals surface area contributed by atoms with Crippen LogP contribution in [-0.4, -0.2) is 83.7 Å². The summed E-state index contributed by atoms with van der Waals surface area (Å²) in [6.45, 7) is 11.5. The second-order valence-electron chi connectivity index (χ2n) is 8.48. The van der Waals surface area contributed by atoms with Crippen LogP contribution < -0.4 is 13.3 Å². The summed E-state index contributed by atoms with van der Waals surface area (Å²) in [7, 11) is 2.05. The molecule has 0 aromatic rings. The van der Waals surface area contributed by atoms with Crippen LogP contribution in [0, 0.1) is 23.7 Å². The summed E-state index contributed by atoms with van der Waals surface area (Å²) in [5.74, 6) is 1.52. The fourth-order valence-corrected chi connectivity index (χ4v) is 4.90. The first-order valence-electron chi connectivity index (χ1n) is 10.3. The van der Waals surface area contributed by atoms with Gasteiger partial charge in [0.05, 0.1) is 0 Å². The van der Waals surface area contributed by atoms with E-state index in [1.165, 1.54) is 11.4 Å². The van der Waals surface area contributed by atoms with Gasteiger partial charge in [-0.1, -0.05) is 33.3 Å². The monoisotopic (exact) mass is 1030 g/mol. The molecule has 0 aromatic carbocycles. The Bertz CT molecular complexity index is 678. The molecule has 0 bridgehead atoms. The van der Waals surface area contributed by atoms with Crippen molar-refractivity contribution in [3.05, 3.63) is 12.7 Å². The van der Waals surface area contributed by atoms with E-state index in [0.717, 1.165) is 39.0 Å². The third kappa shape index (κ3) is 15.7. The van der Waals surface area contributed by atoms with Crippen molar-refractivity contribution in [2.75, 3.05) is 52.8 Å². The van der Waals surface area contributed by atoms with E-state index in [1.807, 2.05) is 7.05 Å². The standard InChI is InChI=1S/C11H21NO2S.C10H17NO.I3.I2/c1-5-9-6-12(2)7-10(9)11(13)8-15(3,4)14;1-4-8-6-11(3)7-9(8)10(12)5-2;1-3-2;1-2/h8-10H,5-7H2,1-4H3;5,8-9H,2,4,6-7H2,1,3H3;;/q;;-1;/t9-,10+;8-,9+;;/m11../s1. The van der Waals surface area contributed by atoms with Crippen LogP contribution in [0.25, 0.3) is 0 Å². The summed E-state index contributed by atoms with van der Waals surface area (Å²) in [6, 6.07) is 0. The van der Waals surface area contributed by atoms with Gasteiger partial charge in [0.25, 0.3) is 0 Å². The number of carbonyl (C=O) groups is 2. The minimum absolute atomic E-state index is 0.0562. The van der Waals surface area contributed by atoms with Crippen molar-refractivity contribution in [1.82, 2.24) is 9.80 Å². The van der Waals surface area contributed by atoms with E-state index < -0.39 is 9.52 Å². The number of ketones is 2. The molecular formula is C21H38I5N2O3S-. The van der Waals surface area contributed by atoms with Gasteiger partial charge < -0.3 is 9.80 Å². The summed E-state index contributed by atoms with van der Waals surface area (Å²) in [5.41, 5.74) is 0. The van der Waals surface area contributed by atoms with Crippen molar-refractivity contribution in [3.63, 3.8) is 0 Å². The Morgan fingerprint density at radius 1 is 0.938 bits per heavy atom. The summed E-state index contributed by atoms with van der Waals surface area (Å²) < 4.78 is 11.5. The zero-order chi connectivity index (χ0) is 25.5. The molecule has 2 aliphatic rings. The Morgan fingerprint density at radius 2 is 1.28 bits per heavy atom. The van der Waals surface area contributed by atoms with Gasteiger partial charge in [-0.3, -0.25) is 13.8 Å². The third-order valence-electron chi connectivity index (χ3n) is 5.63. The Kier molecular flexibility index (Phi) is 23.8. The molecule has 5 nitrogen and oxygen atoms in total. The van der Waals surface area contributed by atoms with Gasteiger partial charge in [-0.15, -0.1) is 0 Å². The Balaban J connectivity index is 0. The maximum atomic E-state index is 11.9. The van der Waals surface area contributed by atoms with Gasteiger partial charge in [-0.05, 0) is 41.5 Å². The third-order valence-corrected chi connectivity index (χ3v) is 6.43. The first-order chi connectivity index (χ1) is 14.9. The van der Waals surface area contributed by atoms with Gasteiger partial charge in [0, 0.05) is 93.1 Å². The number of rotatable bonds is 6. The van der Waals surface area contributed by atoms with Crippen molar-refractivity contribution < 1.29 is 27.1 Å². The Hall–Kier alpha value is 2.67. The molecule has 0 saturated carbocycles. The molecule has 0 spiro atoms. The van der Waals surface area contributed by atoms with E-state index in [-0.39, 0.29) is 23.4 Å². The molecule has 11 heteroatoms. The quantitative estimate of drug-likeness (QED) is 0.233. The molecule has 0 aromatic heterocycles. The fourth-order valence-electron chi connectivity index (χ4n) is 4.16. The van der Waals surface area contributed by atoms with Crippen LogP contribution >= 0.6 is 74.5 Å². The zero-order valence-electron chi connectivity index (χ0n) is 19.8. The van der Waals surface area contributed by atoms with Gasteiger partial charge in [-0.2, -0.15) is 0 Å². The molecule has 32 heavy (non-hydrogen) atoms. The van der Waals surface area contributed by atoms with Crippen LogP contribution in [0.4, 0.5) is 0 Å². The van der Waals surface area contributed by atoms with Gasteiger partial charge in [0.1, 0.15) is 0 Å². The molecule has 0 radical (unpaired) electrons. The molecule has 2 rings (SSSR count). The molecule has 2 saturated heterocycles. The number of hydrogen-bond donors (Lipinski definition) is 0. The van der Waals surface area contributed by atoms with Crippen molar-refractivity contribution in [2.45, 2.75) is 26.7 Å². The van der Waals surface area contributed by atoms with Crippen LogP contribution in [0.5, 0.6) is 0 Å². The molecule has 0 aliphatic carbocycles. The Labute approximate surface area is 249 Å². The van der Waals surface area contributed by atoms with Crippen LogP contribution in [0.1, 0.15) is 26.7 Å². The summed E-state index contributed by atoms with van der Waals surface area (Å²) in [6.07, 6.45) is 6.80. The van der Waals surface area contributed by atoms with E-state index in [9.17, 15) is 13.8 Å². The predicted molar refractivity (Wildman–Crippen MR) is 172 cm³/mol. The van der Waals surface area contributed by atoms with E-state index in [2.05, 4.69) is 112 Å². The number of halogens is 5. The molecule has 192 valence electrons. The number of allylic oxidation sites excluding steroid dienone is 1. The average molecular weight is 1030 g/mol. The SMILES string of the molecule is C=CC(=O)[C@H]1CN(C)C[C@H]1CC.CC[C@@H]1CN(C)C[C@@H]1C(=O)C=S(C)(C)=O.II.I[I-]I. The van der Waals surface area contributed by atoms with E-state index in [1.54, 1.807) is 12.5 Å².